The summed E-state index contributed by atoms with van der Waals surface area (Å²) < 4.78 is 6.46. The summed E-state index contributed by atoms with van der Waals surface area (Å²) in [4.78, 5) is 4.38. The number of nitrogens with two attached hydrogens (primary N) is 1. The molecule has 5 heteroatoms. The van der Waals surface area contributed by atoms with Gasteiger partial charge in [0.1, 0.15) is 5.52 Å². The first-order valence-corrected chi connectivity index (χ1v) is 6.13. The first-order chi connectivity index (χ1) is 7.76. The van der Waals surface area contributed by atoms with Crippen LogP contribution in [0, 0.1) is 0 Å². The highest BCUT2D eigenvalue weighted by molar-refractivity contribution is 7.21. The lowest BCUT2D eigenvalue weighted by molar-refractivity contribution is 0.339. The minimum absolute atomic E-state index is 0.621. The van der Waals surface area contributed by atoms with Crippen molar-refractivity contribution < 1.29 is 4.74 Å². The molecule has 3 N–H and O–H groups in total. The quantitative estimate of drug-likeness (QED) is 0.803. The van der Waals surface area contributed by atoms with Gasteiger partial charge in [-0.15, -0.1) is 0 Å². The number of thiazole rings is 1. The first kappa shape index (κ1) is 11.0. The monoisotopic (exact) mass is 237 g/mol. The summed E-state index contributed by atoms with van der Waals surface area (Å²) in [7, 11) is 0. The number of nitrogens with one attached hydrogen (secondary N) is 1. The molecule has 2 rings (SSSR count). The predicted molar refractivity (Wildman–Crippen MR) is 69.4 cm³/mol. The highest BCUT2D eigenvalue weighted by Crippen LogP contribution is 2.36. The second-order valence-electron chi connectivity index (χ2n) is 3.32. The standard InChI is InChI=1S/C11H15N3OS/c1-3-13-8-6-5-7(12)9-10(8)16-11(14-9)15-4-2/h5-6,13H,3-4,12H2,1-2H3. The Morgan fingerprint density at radius 3 is 2.94 bits per heavy atom. The molecule has 2 aromatic rings. The number of hydrogen-bond donors (Lipinski definition) is 2. The van der Waals surface area contributed by atoms with Gasteiger partial charge >= 0.3 is 0 Å². The molecule has 0 radical (unpaired) electrons. The van der Waals surface area contributed by atoms with Crippen LogP contribution in [0.1, 0.15) is 13.8 Å². The lowest BCUT2D eigenvalue weighted by Gasteiger charge is -2.04. The predicted octanol–water partition coefficient (Wildman–Crippen LogP) is 2.71. The Morgan fingerprint density at radius 1 is 1.44 bits per heavy atom. The van der Waals surface area contributed by atoms with Crippen molar-refractivity contribution in [2.75, 3.05) is 24.2 Å². The van der Waals surface area contributed by atoms with Gasteiger partial charge in [-0.1, -0.05) is 11.3 Å². The molecular weight excluding hydrogens is 222 g/mol. The molecule has 0 atom stereocenters. The maximum absolute atomic E-state index is 5.89. The normalized spacial score (nSPS) is 10.6. The molecule has 0 aliphatic heterocycles. The van der Waals surface area contributed by atoms with Crippen molar-refractivity contribution in [3.05, 3.63) is 12.1 Å². The summed E-state index contributed by atoms with van der Waals surface area (Å²) in [5.41, 5.74) is 8.48. The van der Waals surface area contributed by atoms with E-state index in [9.17, 15) is 0 Å². The smallest absolute Gasteiger partial charge is 0.274 e. The Labute approximate surface area is 98.4 Å². The number of anilines is 2. The van der Waals surface area contributed by atoms with Gasteiger partial charge in [0.05, 0.1) is 22.7 Å². The Hall–Kier alpha value is -1.49. The van der Waals surface area contributed by atoms with Crippen LogP contribution in [0.4, 0.5) is 11.4 Å². The van der Waals surface area contributed by atoms with Crippen LogP contribution in [0.25, 0.3) is 10.2 Å². The van der Waals surface area contributed by atoms with Gasteiger partial charge in [-0.3, -0.25) is 0 Å². The van der Waals surface area contributed by atoms with Crippen molar-refractivity contribution in [2.24, 2.45) is 0 Å². The van der Waals surface area contributed by atoms with Crippen molar-refractivity contribution in [1.82, 2.24) is 4.98 Å². The average molecular weight is 237 g/mol. The van der Waals surface area contributed by atoms with Crippen molar-refractivity contribution in [2.45, 2.75) is 13.8 Å². The number of nitrogen functional groups attached to an aromatic ring is 1. The molecule has 0 unspecified atom stereocenters. The molecule has 4 nitrogen and oxygen atoms in total. The van der Waals surface area contributed by atoms with Crippen molar-refractivity contribution in [3.8, 4) is 5.19 Å². The van der Waals surface area contributed by atoms with Crippen LogP contribution in [0.2, 0.25) is 0 Å². The molecule has 0 saturated heterocycles. The lowest BCUT2D eigenvalue weighted by atomic mass is 10.2. The highest BCUT2D eigenvalue weighted by atomic mass is 32.1. The number of benzene rings is 1. The molecule has 0 spiro atoms. The van der Waals surface area contributed by atoms with Crippen LogP contribution in [-0.4, -0.2) is 18.1 Å². The zero-order valence-electron chi connectivity index (χ0n) is 9.41. The van der Waals surface area contributed by atoms with Gasteiger partial charge in [0.25, 0.3) is 5.19 Å². The molecule has 1 aromatic heterocycles. The second-order valence-corrected chi connectivity index (χ2v) is 4.28. The maximum Gasteiger partial charge on any atom is 0.274 e. The summed E-state index contributed by atoms with van der Waals surface area (Å²) in [5, 5.41) is 3.97. The fourth-order valence-electron chi connectivity index (χ4n) is 1.52. The summed E-state index contributed by atoms with van der Waals surface area (Å²) in [5.74, 6) is 0. The van der Waals surface area contributed by atoms with Crippen LogP contribution < -0.4 is 15.8 Å². The fraction of sp³-hybridized carbons (Fsp3) is 0.364. The summed E-state index contributed by atoms with van der Waals surface area (Å²) >= 11 is 1.53. The van der Waals surface area contributed by atoms with E-state index in [1.165, 1.54) is 11.3 Å². The number of ether oxygens (including phenoxy) is 1. The SMILES string of the molecule is CCNc1ccc(N)c2nc(OCC)sc12. The van der Waals surface area contributed by atoms with E-state index in [1.54, 1.807) is 0 Å². The van der Waals surface area contributed by atoms with E-state index in [0.29, 0.717) is 17.5 Å². The molecule has 86 valence electrons. The van der Waals surface area contributed by atoms with E-state index >= 15 is 0 Å². The van der Waals surface area contributed by atoms with Crippen LogP contribution in [0.3, 0.4) is 0 Å². The first-order valence-electron chi connectivity index (χ1n) is 5.32. The topological polar surface area (TPSA) is 60.2 Å². The van der Waals surface area contributed by atoms with E-state index in [-0.39, 0.29) is 0 Å². The molecule has 0 aliphatic carbocycles. The minimum Gasteiger partial charge on any atom is -0.470 e. The largest absolute Gasteiger partial charge is 0.470 e. The van der Waals surface area contributed by atoms with Crippen molar-refractivity contribution in [1.29, 1.82) is 0 Å². The molecule has 0 fully saturated rings. The maximum atomic E-state index is 5.89. The third-order valence-electron chi connectivity index (χ3n) is 2.19. The minimum atomic E-state index is 0.621. The van der Waals surface area contributed by atoms with Gasteiger partial charge in [-0.2, -0.15) is 0 Å². The second kappa shape index (κ2) is 4.57. The fourth-order valence-corrected chi connectivity index (χ4v) is 2.52. The zero-order chi connectivity index (χ0) is 11.5. The average Bonchev–Trinajstić information content (AvgIpc) is 2.68. The molecule has 0 saturated carbocycles. The molecule has 1 heterocycles. The number of hydrogen-bond acceptors (Lipinski definition) is 5. The van der Waals surface area contributed by atoms with E-state index in [2.05, 4.69) is 17.2 Å². The molecule has 0 amide bonds. The van der Waals surface area contributed by atoms with Crippen LogP contribution >= 0.6 is 11.3 Å². The van der Waals surface area contributed by atoms with Crippen LogP contribution in [0.15, 0.2) is 12.1 Å². The van der Waals surface area contributed by atoms with E-state index in [4.69, 9.17) is 10.5 Å². The Morgan fingerprint density at radius 2 is 2.25 bits per heavy atom. The van der Waals surface area contributed by atoms with Crippen molar-refractivity contribution >= 4 is 32.9 Å². The number of rotatable bonds is 4. The van der Waals surface area contributed by atoms with Gasteiger partial charge in [0.15, 0.2) is 0 Å². The van der Waals surface area contributed by atoms with Crippen molar-refractivity contribution in [3.63, 3.8) is 0 Å². The van der Waals surface area contributed by atoms with Gasteiger partial charge in [0, 0.05) is 6.54 Å². The summed E-state index contributed by atoms with van der Waals surface area (Å²) in [6.07, 6.45) is 0. The van der Waals surface area contributed by atoms with E-state index < -0.39 is 0 Å². The zero-order valence-corrected chi connectivity index (χ0v) is 10.2. The molecule has 0 bridgehead atoms. The Kier molecular flexibility index (Phi) is 3.14. The van der Waals surface area contributed by atoms with Crippen LogP contribution in [0.5, 0.6) is 5.19 Å². The summed E-state index contributed by atoms with van der Waals surface area (Å²) in [6.45, 7) is 5.50. The number of aromatic nitrogens is 1. The van der Waals surface area contributed by atoms with Gasteiger partial charge in [-0.25, -0.2) is 4.98 Å². The molecule has 1 aromatic carbocycles. The van der Waals surface area contributed by atoms with Gasteiger partial charge < -0.3 is 15.8 Å². The molecular formula is C11H15N3OS. The molecule has 0 aliphatic rings. The number of nitrogens with zero attached hydrogens (tertiary/aromatic N) is 1. The molecule has 16 heavy (non-hydrogen) atoms. The van der Waals surface area contributed by atoms with Gasteiger partial charge in [-0.05, 0) is 26.0 Å². The van der Waals surface area contributed by atoms with E-state index in [0.717, 1.165) is 22.4 Å². The number of fused-ring (bicyclic) bond motifs is 1. The van der Waals surface area contributed by atoms with E-state index in [1.807, 2.05) is 19.1 Å². The third kappa shape index (κ3) is 1.90. The third-order valence-corrected chi connectivity index (χ3v) is 3.19. The summed E-state index contributed by atoms with van der Waals surface area (Å²) in [6, 6.07) is 3.85. The van der Waals surface area contributed by atoms with Gasteiger partial charge in [0.2, 0.25) is 0 Å². The Balaban J connectivity index is 2.53. The van der Waals surface area contributed by atoms with Crippen LogP contribution in [-0.2, 0) is 0 Å². The lowest BCUT2D eigenvalue weighted by Crippen LogP contribution is -1.97. The Bertz CT molecular complexity index is 495. The highest BCUT2D eigenvalue weighted by Gasteiger charge is 2.11.